The molecule has 4 N–H and O–H groups in total. The summed E-state index contributed by atoms with van der Waals surface area (Å²) in [5, 5.41) is 18.8. The number of rotatable bonds is 9. The van der Waals surface area contributed by atoms with Crippen molar-refractivity contribution in [3.8, 4) is 0 Å². The van der Waals surface area contributed by atoms with Gasteiger partial charge in [0.15, 0.2) is 6.29 Å². The Morgan fingerprint density at radius 2 is 1.41 bits per heavy atom. The fraction of sp³-hybridized carbons (Fsp3) is 0.219. The molecular weight excluding hydrogens is 510 g/mol. The lowest BCUT2D eigenvalue weighted by molar-refractivity contribution is -0.255. The van der Waals surface area contributed by atoms with Crippen LogP contribution in [0.1, 0.15) is 56.5 Å². The zero-order valence-electron chi connectivity index (χ0n) is 21.4. The molecule has 200 valence electrons. The summed E-state index contributed by atoms with van der Waals surface area (Å²) in [5.74, 6) is -0.406. The van der Waals surface area contributed by atoms with Crippen LogP contribution < -0.4 is 5.73 Å². The highest BCUT2D eigenvalue weighted by Gasteiger charge is 2.41. The predicted octanol–water partition coefficient (Wildman–Crippen LogP) is 6.07. The number of benzene rings is 4. The van der Waals surface area contributed by atoms with E-state index in [0.717, 1.165) is 32.7 Å². The van der Waals surface area contributed by atoms with E-state index in [1.54, 1.807) is 23.9 Å². The first-order chi connectivity index (χ1) is 19.1. The monoisotopic (exact) mass is 541 g/mol. The Morgan fingerprint density at radius 1 is 0.769 bits per heavy atom. The van der Waals surface area contributed by atoms with E-state index in [4.69, 9.17) is 15.2 Å². The second-order valence-electron chi connectivity index (χ2n) is 9.49. The van der Waals surface area contributed by atoms with Gasteiger partial charge in [-0.25, -0.2) is 4.79 Å². The van der Waals surface area contributed by atoms with Crippen molar-refractivity contribution in [3.63, 3.8) is 0 Å². The van der Waals surface area contributed by atoms with Gasteiger partial charge in [0.2, 0.25) is 0 Å². The summed E-state index contributed by atoms with van der Waals surface area (Å²) in [7, 11) is 0. The van der Waals surface area contributed by atoms with Crippen molar-refractivity contribution >= 4 is 17.7 Å². The molecule has 0 bridgehead atoms. The van der Waals surface area contributed by atoms with E-state index in [1.165, 1.54) is 0 Å². The van der Waals surface area contributed by atoms with Crippen LogP contribution in [-0.4, -0.2) is 28.0 Å². The Hall–Kier alpha value is -3.46. The SMILES string of the molecule is NCc1ccc(C2OC(CSc3ccc(C(=O)O)cc3)C(c3ccccc3)C(c3ccc(CO)cc3)O2)cc1. The van der Waals surface area contributed by atoms with E-state index in [-0.39, 0.29) is 30.3 Å². The van der Waals surface area contributed by atoms with E-state index in [9.17, 15) is 15.0 Å². The number of carboxylic acid groups (broad SMARTS) is 1. The van der Waals surface area contributed by atoms with Gasteiger partial charge in [0.25, 0.3) is 0 Å². The number of aromatic carboxylic acids is 1. The minimum Gasteiger partial charge on any atom is -0.478 e. The zero-order valence-corrected chi connectivity index (χ0v) is 22.2. The summed E-state index contributed by atoms with van der Waals surface area (Å²) in [5.41, 5.74) is 11.0. The number of carboxylic acids is 1. The van der Waals surface area contributed by atoms with Crippen LogP contribution in [0.15, 0.2) is 108 Å². The lowest BCUT2D eigenvalue weighted by Crippen LogP contribution is -2.38. The molecule has 6 nitrogen and oxygen atoms in total. The number of aliphatic hydroxyl groups is 1. The van der Waals surface area contributed by atoms with Crippen molar-refractivity contribution in [2.75, 3.05) is 5.75 Å². The summed E-state index contributed by atoms with van der Waals surface area (Å²) in [4.78, 5) is 12.2. The highest BCUT2D eigenvalue weighted by atomic mass is 32.2. The highest BCUT2D eigenvalue weighted by Crippen LogP contribution is 2.48. The van der Waals surface area contributed by atoms with Gasteiger partial charge in [0, 0.05) is 28.7 Å². The number of hydrogen-bond donors (Lipinski definition) is 3. The van der Waals surface area contributed by atoms with Crippen LogP contribution in [0.4, 0.5) is 0 Å². The molecule has 0 spiro atoms. The van der Waals surface area contributed by atoms with Crippen LogP contribution in [0.2, 0.25) is 0 Å². The molecule has 4 unspecified atom stereocenters. The number of carbonyl (C=O) groups is 1. The van der Waals surface area contributed by atoms with Gasteiger partial charge in [-0.05, 0) is 46.5 Å². The van der Waals surface area contributed by atoms with Gasteiger partial charge in [0.05, 0.1) is 24.4 Å². The molecule has 1 heterocycles. The quantitative estimate of drug-likeness (QED) is 0.221. The van der Waals surface area contributed by atoms with Gasteiger partial charge >= 0.3 is 5.97 Å². The minimum atomic E-state index is -0.943. The van der Waals surface area contributed by atoms with E-state index in [0.29, 0.717) is 12.3 Å². The Balaban J connectivity index is 1.50. The molecule has 1 aliphatic rings. The van der Waals surface area contributed by atoms with Gasteiger partial charge in [-0.15, -0.1) is 11.8 Å². The standard InChI is InChI=1S/C32H31NO5S/c33-18-21-6-12-26(13-7-21)32-37-28(20-39-27-16-14-25(15-17-27)31(35)36)29(23-4-2-1-3-5-23)30(38-32)24-10-8-22(19-34)9-11-24/h1-17,28-30,32,34H,18-20,33H2,(H,35,36). The van der Waals surface area contributed by atoms with Crippen molar-refractivity contribution < 1.29 is 24.5 Å². The van der Waals surface area contributed by atoms with Crippen LogP contribution in [0.25, 0.3) is 0 Å². The zero-order chi connectivity index (χ0) is 27.2. The number of nitrogens with two attached hydrogens (primary N) is 1. The van der Waals surface area contributed by atoms with E-state index in [1.807, 2.05) is 78.9 Å². The maximum Gasteiger partial charge on any atom is 0.335 e. The van der Waals surface area contributed by atoms with E-state index < -0.39 is 12.3 Å². The van der Waals surface area contributed by atoms with Crippen molar-refractivity contribution in [1.82, 2.24) is 0 Å². The summed E-state index contributed by atoms with van der Waals surface area (Å²) in [6.45, 7) is 0.440. The highest BCUT2D eigenvalue weighted by molar-refractivity contribution is 7.99. The van der Waals surface area contributed by atoms with Gasteiger partial charge in [-0.2, -0.15) is 0 Å². The number of hydrogen-bond acceptors (Lipinski definition) is 6. The third-order valence-electron chi connectivity index (χ3n) is 6.97. The fourth-order valence-electron chi connectivity index (χ4n) is 4.83. The molecule has 4 aromatic rings. The van der Waals surface area contributed by atoms with Crippen LogP contribution in [0.3, 0.4) is 0 Å². The summed E-state index contributed by atoms with van der Waals surface area (Å²) < 4.78 is 13.4. The Morgan fingerprint density at radius 3 is 2.03 bits per heavy atom. The number of thioether (sulfide) groups is 1. The van der Waals surface area contributed by atoms with Gasteiger partial charge < -0.3 is 25.4 Å². The number of aliphatic hydroxyl groups excluding tert-OH is 1. The van der Waals surface area contributed by atoms with Crippen LogP contribution in [-0.2, 0) is 22.6 Å². The lowest BCUT2D eigenvalue weighted by Gasteiger charge is -2.43. The van der Waals surface area contributed by atoms with Crippen molar-refractivity contribution in [2.45, 2.75) is 42.5 Å². The topological polar surface area (TPSA) is 102 Å². The van der Waals surface area contributed by atoms with Crippen LogP contribution in [0, 0.1) is 0 Å². The summed E-state index contributed by atoms with van der Waals surface area (Å²) in [6.07, 6.45) is -1.10. The van der Waals surface area contributed by atoms with E-state index in [2.05, 4.69) is 12.1 Å². The molecule has 1 fully saturated rings. The molecule has 4 aromatic carbocycles. The average molecular weight is 542 g/mol. The van der Waals surface area contributed by atoms with Crippen LogP contribution in [0.5, 0.6) is 0 Å². The molecule has 0 radical (unpaired) electrons. The normalized spacial score (nSPS) is 21.0. The summed E-state index contributed by atoms with van der Waals surface area (Å²) in [6, 6.07) is 33.0. The van der Waals surface area contributed by atoms with Crippen molar-refractivity contribution in [1.29, 1.82) is 0 Å². The number of ether oxygens (including phenoxy) is 2. The third-order valence-corrected chi connectivity index (χ3v) is 8.07. The van der Waals surface area contributed by atoms with Gasteiger partial charge in [0.1, 0.15) is 0 Å². The first-order valence-electron chi connectivity index (χ1n) is 12.9. The maximum atomic E-state index is 11.3. The molecule has 1 saturated heterocycles. The maximum absolute atomic E-state index is 11.3. The second-order valence-corrected chi connectivity index (χ2v) is 10.6. The van der Waals surface area contributed by atoms with Gasteiger partial charge in [-0.3, -0.25) is 0 Å². The first-order valence-corrected chi connectivity index (χ1v) is 13.8. The second kappa shape index (κ2) is 12.6. The minimum absolute atomic E-state index is 0.0208. The van der Waals surface area contributed by atoms with Crippen molar-refractivity contribution in [3.05, 3.63) is 137 Å². The van der Waals surface area contributed by atoms with Crippen LogP contribution >= 0.6 is 11.8 Å². The smallest absolute Gasteiger partial charge is 0.335 e. The van der Waals surface area contributed by atoms with Gasteiger partial charge in [-0.1, -0.05) is 78.9 Å². The molecule has 1 aliphatic heterocycles. The fourth-order valence-corrected chi connectivity index (χ4v) is 5.81. The molecule has 0 amide bonds. The molecular formula is C32H31NO5S. The molecule has 0 saturated carbocycles. The molecule has 0 aliphatic carbocycles. The molecule has 4 atom stereocenters. The first kappa shape index (κ1) is 27.1. The molecule has 39 heavy (non-hydrogen) atoms. The van der Waals surface area contributed by atoms with Crippen molar-refractivity contribution in [2.24, 2.45) is 5.73 Å². The Labute approximate surface area is 232 Å². The Bertz CT molecular complexity index is 1360. The lowest BCUT2D eigenvalue weighted by atomic mass is 9.84. The predicted molar refractivity (Wildman–Crippen MR) is 151 cm³/mol. The van der Waals surface area contributed by atoms with E-state index >= 15 is 0 Å². The molecule has 7 heteroatoms. The summed E-state index contributed by atoms with van der Waals surface area (Å²) >= 11 is 1.63. The molecule has 0 aromatic heterocycles. The Kier molecular flexibility index (Phi) is 8.76. The molecule has 5 rings (SSSR count). The third kappa shape index (κ3) is 6.41. The largest absolute Gasteiger partial charge is 0.478 e. The average Bonchev–Trinajstić information content (AvgIpc) is 3.00.